The van der Waals surface area contributed by atoms with Crippen molar-refractivity contribution in [3.05, 3.63) is 85.4 Å². The second-order valence-electron chi connectivity index (χ2n) is 12.2. The normalized spacial score (nSPS) is 14.5. The van der Waals surface area contributed by atoms with Crippen LogP contribution in [0.5, 0.6) is 0 Å². The number of halogens is 1. The van der Waals surface area contributed by atoms with E-state index in [0.29, 0.717) is 11.1 Å². The van der Waals surface area contributed by atoms with Crippen molar-refractivity contribution in [2.45, 2.75) is 80.4 Å². The Morgan fingerprint density at radius 2 is 1.22 bits per heavy atom. The summed E-state index contributed by atoms with van der Waals surface area (Å²) < 4.78 is 22.6. The highest BCUT2D eigenvalue weighted by molar-refractivity contribution is 14.1. The van der Waals surface area contributed by atoms with Gasteiger partial charge in [0.2, 0.25) is 0 Å². The SMILES string of the molecule is COC(=O)c1ccc(C)c(-c2nc(C)[nH]c2C)c1.COC(=O)c1ccc(C)c(B2OC(C)(C)C(C)(C)O2)c1.Cc1nc(I)c(C)[nH]1. The van der Waals surface area contributed by atoms with E-state index in [1.165, 1.54) is 14.2 Å². The molecule has 10 nitrogen and oxygen atoms in total. The van der Waals surface area contributed by atoms with Gasteiger partial charge in [-0.1, -0.05) is 17.7 Å². The van der Waals surface area contributed by atoms with Gasteiger partial charge in [0.15, 0.2) is 0 Å². The Hall–Kier alpha value is -3.49. The molecule has 0 amide bonds. The molecule has 0 aliphatic carbocycles. The number of imidazole rings is 2. The number of aromatic nitrogens is 4. The molecule has 1 aliphatic rings. The second-order valence-corrected chi connectivity index (χ2v) is 13.2. The fourth-order valence-electron chi connectivity index (χ4n) is 4.69. The van der Waals surface area contributed by atoms with Crippen LogP contribution in [0.4, 0.5) is 0 Å². The predicted octanol–water partition coefficient (Wildman–Crippen LogP) is 6.50. The molecule has 4 aromatic rings. The molecule has 0 unspecified atom stereocenters. The zero-order valence-corrected chi connectivity index (χ0v) is 30.9. The van der Waals surface area contributed by atoms with E-state index < -0.39 is 18.3 Å². The summed E-state index contributed by atoms with van der Waals surface area (Å²) in [6.45, 7) is 19.9. The fourth-order valence-corrected chi connectivity index (χ4v) is 5.18. The molecule has 0 saturated carbocycles. The van der Waals surface area contributed by atoms with Crippen LogP contribution in [0.3, 0.4) is 0 Å². The Morgan fingerprint density at radius 3 is 1.63 bits per heavy atom. The largest absolute Gasteiger partial charge is 0.495 e. The second kappa shape index (κ2) is 14.9. The summed E-state index contributed by atoms with van der Waals surface area (Å²) >= 11 is 2.20. The van der Waals surface area contributed by atoms with Gasteiger partial charge in [0.1, 0.15) is 15.3 Å². The maximum atomic E-state index is 11.6. The number of nitrogens with one attached hydrogen (secondary N) is 2. The molecule has 246 valence electrons. The topological polar surface area (TPSA) is 128 Å². The van der Waals surface area contributed by atoms with Crippen LogP contribution in [0.15, 0.2) is 36.4 Å². The number of rotatable bonds is 4. The Kier molecular flexibility index (Phi) is 12.0. The first-order chi connectivity index (χ1) is 21.4. The molecule has 3 heterocycles. The van der Waals surface area contributed by atoms with Crippen LogP contribution in [0, 0.1) is 45.2 Å². The molecular weight excluding hydrogens is 698 g/mol. The number of hydrogen-bond donors (Lipinski definition) is 2. The van der Waals surface area contributed by atoms with E-state index in [0.717, 1.165) is 54.6 Å². The molecule has 0 spiro atoms. The third kappa shape index (κ3) is 8.65. The van der Waals surface area contributed by atoms with E-state index in [2.05, 4.69) is 42.5 Å². The van der Waals surface area contributed by atoms with Crippen LogP contribution < -0.4 is 5.46 Å². The molecule has 5 rings (SSSR count). The lowest BCUT2D eigenvalue weighted by Crippen LogP contribution is -2.41. The standard InChI is InChI=1S/C15H21BO4.C14H16N2O2.C5H7IN2/c1-10-7-8-11(13(17)18-6)9-12(10)16-19-14(2,3)15(4,5)20-16;1-8-5-6-11(14(17)18-4)7-12(8)13-9(2)15-10(3)16-13;1-3-5(6)8-4(2)7-3/h7-9H,1-6H3;5-7H,1-4H3,(H,15,16);1-2H3,(H,7,8). The first-order valence-corrected chi connectivity index (χ1v) is 15.9. The highest BCUT2D eigenvalue weighted by atomic mass is 127. The maximum absolute atomic E-state index is 11.6. The molecule has 0 atom stereocenters. The van der Waals surface area contributed by atoms with Crippen molar-refractivity contribution in [2.24, 2.45) is 0 Å². The van der Waals surface area contributed by atoms with Gasteiger partial charge in [0.05, 0.1) is 42.2 Å². The molecule has 0 bridgehead atoms. The van der Waals surface area contributed by atoms with Gasteiger partial charge in [0, 0.05) is 17.0 Å². The van der Waals surface area contributed by atoms with Crippen molar-refractivity contribution in [1.82, 2.24) is 19.9 Å². The molecule has 1 aliphatic heterocycles. The molecule has 1 fully saturated rings. The average molecular weight is 742 g/mol. The van der Waals surface area contributed by atoms with Crippen molar-refractivity contribution in [3.63, 3.8) is 0 Å². The minimum absolute atomic E-state index is 0.332. The lowest BCUT2D eigenvalue weighted by molar-refractivity contribution is 0.00578. The molecule has 0 radical (unpaired) electrons. The van der Waals surface area contributed by atoms with E-state index >= 15 is 0 Å². The van der Waals surface area contributed by atoms with E-state index in [9.17, 15) is 9.59 Å². The van der Waals surface area contributed by atoms with Crippen molar-refractivity contribution in [3.8, 4) is 11.3 Å². The predicted molar refractivity (Wildman–Crippen MR) is 189 cm³/mol. The smallest absolute Gasteiger partial charge is 0.465 e. The number of aromatic amines is 2. The third-order valence-electron chi connectivity index (χ3n) is 8.07. The van der Waals surface area contributed by atoms with Gasteiger partial charge < -0.3 is 28.8 Å². The van der Waals surface area contributed by atoms with E-state index in [1.807, 2.05) is 87.4 Å². The van der Waals surface area contributed by atoms with Crippen LogP contribution in [-0.2, 0) is 18.8 Å². The first kappa shape index (κ1) is 37.0. The Balaban J connectivity index is 0.000000204. The fraction of sp³-hybridized carbons (Fsp3) is 0.412. The Bertz CT molecular complexity index is 1680. The number of ether oxygens (including phenoxy) is 2. The first-order valence-electron chi connectivity index (χ1n) is 14.9. The van der Waals surface area contributed by atoms with Gasteiger partial charge in [0.25, 0.3) is 0 Å². The van der Waals surface area contributed by atoms with Crippen LogP contribution in [-0.4, -0.2) is 64.4 Å². The average Bonchev–Trinajstić information content (AvgIpc) is 3.56. The van der Waals surface area contributed by atoms with E-state index in [-0.39, 0.29) is 11.9 Å². The highest BCUT2D eigenvalue weighted by Gasteiger charge is 2.52. The quantitative estimate of drug-likeness (QED) is 0.138. The molecule has 12 heteroatoms. The Labute approximate surface area is 285 Å². The van der Waals surface area contributed by atoms with E-state index in [1.54, 1.807) is 18.2 Å². The van der Waals surface area contributed by atoms with Gasteiger partial charge in [-0.15, -0.1) is 0 Å². The van der Waals surface area contributed by atoms with Gasteiger partial charge in [-0.05, 0) is 127 Å². The lowest BCUT2D eigenvalue weighted by Gasteiger charge is -2.32. The monoisotopic (exact) mass is 742 g/mol. The summed E-state index contributed by atoms with van der Waals surface area (Å²) in [7, 11) is 2.28. The van der Waals surface area contributed by atoms with Gasteiger partial charge in [-0.25, -0.2) is 19.6 Å². The highest BCUT2D eigenvalue weighted by Crippen LogP contribution is 2.36. The number of benzene rings is 2. The minimum atomic E-state index is -0.468. The molecule has 2 aromatic heterocycles. The zero-order valence-electron chi connectivity index (χ0n) is 28.8. The van der Waals surface area contributed by atoms with Crippen LogP contribution in [0.1, 0.15) is 82.6 Å². The summed E-state index contributed by atoms with van der Waals surface area (Å²) in [6.07, 6.45) is 0. The summed E-state index contributed by atoms with van der Waals surface area (Å²) in [5, 5.41) is 0. The number of nitrogens with zero attached hydrogens (tertiary/aromatic N) is 2. The molecule has 46 heavy (non-hydrogen) atoms. The summed E-state index contributed by atoms with van der Waals surface area (Å²) in [5.74, 6) is 1.17. The molecule has 1 saturated heterocycles. The minimum Gasteiger partial charge on any atom is -0.465 e. The summed E-state index contributed by atoms with van der Waals surface area (Å²) in [6, 6.07) is 10.9. The lowest BCUT2D eigenvalue weighted by atomic mass is 9.75. The van der Waals surface area contributed by atoms with Crippen molar-refractivity contribution in [2.75, 3.05) is 14.2 Å². The zero-order chi connectivity index (χ0) is 34.6. The summed E-state index contributed by atoms with van der Waals surface area (Å²) in [5.41, 5.74) is 7.22. The molecule has 2 N–H and O–H groups in total. The maximum Gasteiger partial charge on any atom is 0.495 e. The molecular formula is C34H44BIN4O6. The van der Waals surface area contributed by atoms with Crippen molar-refractivity contribution < 1.29 is 28.4 Å². The Morgan fingerprint density at radius 1 is 0.739 bits per heavy atom. The number of hydrogen-bond acceptors (Lipinski definition) is 8. The number of carbonyl (C=O) groups excluding carboxylic acids is 2. The summed E-state index contributed by atoms with van der Waals surface area (Å²) in [4.78, 5) is 38.0. The molecule has 2 aromatic carbocycles. The van der Waals surface area contributed by atoms with Crippen LogP contribution in [0.25, 0.3) is 11.3 Å². The number of carbonyl (C=O) groups is 2. The number of esters is 2. The van der Waals surface area contributed by atoms with Crippen molar-refractivity contribution in [1.29, 1.82) is 0 Å². The van der Waals surface area contributed by atoms with Gasteiger partial charge >= 0.3 is 19.1 Å². The van der Waals surface area contributed by atoms with Crippen LogP contribution >= 0.6 is 22.6 Å². The van der Waals surface area contributed by atoms with Gasteiger partial charge in [-0.3, -0.25) is 0 Å². The third-order valence-corrected chi connectivity index (χ3v) is 9.12. The van der Waals surface area contributed by atoms with Crippen LogP contribution in [0.2, 0.25) is 0 Å². The number of H-pyrrole nitrogens is 2. The van der Waals surface area contributed by atoms with Crippen molar-refractivity contribution >= 4 is 47.1 Å². The number of aryl methyl sites for hydroxylation is 6. The van der Waals surface area contributed by atoms with E-state index in [4.69, 9.17) is 18.8 Å². The van der Waals surface area contributed by atoms with Gasteiger partial charge in [-0.2, -0.15) is 0 Å². The number of methoxy groups -OCH3 is 2.